The van der Waals surface area contributed by atoms with E-state index in [9.17, 15) is 13.2 Å². The average Bonchev–Trinajstić information content (AvgIpc) is 2.62. The second kappa shape index (κ2) is 7.47. The lowest BCUT2D eigenvalue weighted by Crippen LogP contribution is -2.49. The SMILES string of the molecule is FC(F)(F)C1(OC2CCCCO2)C=CC(C#Cc2ccccc2)=CC1. The van der Waals surface area contributed by atoms with Gasteiger partial charge in [-0.1, -0.05) is 36.1 Å². The molecule has 1 aliphatic heterocycles. The van der Waals surface area contributed by atoms with Crippen molar-refractivity contribution in [3.05, 3.63) is 59.7 Å². The monoisotopic (exact) mass is 348 g/mol. The van der Waals surface area contributed by atoms with Crippen molar-refractivity contribution in [3.63, 3.8) is 0 Å². The topological polar surface area (TPSA) is 18.5 Å². The first-order chi connectivity index (χ1) is 12.0. The largest absolute Gasteiger partial charge is 0.421 e. The Morgan fingerprint density at radius 2 is 1.92 bits per heavy atom. The molecule has 0 radical (unpaired) electrons. The molecular formula is C20H19F3O2. The summed E-state index contributed by atoms with van der Waals surface area (Å²) in [5.41, 5.74) is -0.972. The highest BCUT2D eigenvalue weighted by Crippen LogP contribution is 2.42. The summed E-state index contributed by atoms with van der Waals surface area (Å²) < 4.78 is 51.6. The first-order valence-electron chi connectivity index (χ1n) is 8.31. The molecule has 1 aromatic rings. The molecule has 2 nitrogen and oxygen atoms in total. The molecule has 2 atom stereocenters. The highest BCUT2D eigenvalue weighted by atomic mass is 19.4. The second-order valence-electron chi connectivity index (χ2n) is 6.11. The van der Waals surface area contributed by atoms with Crippen LogP contribution in [0.1, 0.15) is 31.2 Å². The Balaban J connectivity index is 1.74. The minimum absolute atomic E-state index is 0.300. The molecule has 3 rings (SSSR count). The molecule has 1 aromatic carbocycles. The standard InChI is InChI=1S/C20H19F3O2/c21-20(22,23)19(25-18-8-4-5-15-24-18)13-11-17(12-14-19)10-9-16-6-2-1-3-7-16/h1-3,6-7,11-13,18H,4-5,8,14-15H2. The van der Waals surface area contributed by atoms with Crippen LogP contribution in [0.4, 0.5) is 13.2 Å². The number of alkyl halides is 3. The molecule has 132 valence electrons. The van der Waals surface area contributed by atoms with Crippen LogP contribution in [0.25, 0.3) is 0 Å². The van der Waals surface area contributed by atoms with Crippen molar-refractivity contribution in [2.45, 2.75) is 43.8 Å². The maximum atomic E-state index is 13.6. The predicted molar refractivity (Wildman–Crippen MR) is 88.6 cm³/mol. The van der Waals surface area contributed by atoms with Gasteiger partial charge in [0.2, 0.25) is 0 Å². The number of halogens is 3. The van der Waals surface area contributed by atoms with E-state index in [1.54, 1.807) is 0 Å². The maximum Gasteiger partial charge on any atom is 0.421 e. The third-order valence-corrected chi connectivity index (χ3v) is 4.24. The van der Waals surface area contributed by atoms with Crippen LogP contribution in [0.15, 0.2) is 54.1 Å². The highest BCUT2D eigenvalue weighted by molar-refractivity contribution is 5.47. The van der Waals surface area contributed by atoms with E-state index in [0.717, 1.165) is 24.5 Å². The molecule has 1 heterocycles. The van der Waals surface area contributed by atoms with Gasteiger partial charge in [0.15, 0.2) is 11.9 Å². The fourth-order valence-corrected chi connectivity index (χ4v) is 2.78. The minimum atomic E-state index is -4.51. The Labute approximate surface area is 145 Å². The molecule has 25 heavy (non-hydrogen) atoms. The van der Waals surface area contributed by atoms with E-state index in [2.05, 4.69) is 11.8 Å². The van der Waals surface area contributed by atoms with Gasteiger partial charge in [-0.3, -0.25) is 0 Å². The van der Waals surface area contributed by atoms with E-state index < -0.39 is 18.1 Å². The average molecular weight is 348 g/mol. The van der Waals surface area contributed by atoms with E-state index in [1.807, 2.05) is 30.3 Å². The van der Waals surface area contributed by atoms with Crippen molar-refractivity contribution >= 4 is 0 Å². The summed E-state index contributed by atoms with van der Waals surface area (Å²) in [7, 11) is 0. The van der Waals surface area contributed by atoms with Crippen LogP contribution in [0.2, 0.25) is 0 Å². The highest BCUT2D eigenvalue weighted by Gasteiger charge is 2.55. The lowest BCUT2D eigenvalue weighted by atomic mass is 9.91. The van der Waals surface area contributed by atoms with Crippen LogP contribution in [-0.4, -0.2) is 24.7 Å². The van der Waals surface area contributed by atoms with E-state index in [1.165, 1.54) is 12.2 Å². The number of ether oxygens (including phenoxy) is 2. The maximum absolute atomic E-state index is 13.6. The van der Waals surface area contributed by atoms with E-state index in [4.69, 9.17) is 9.47 Å². The normalized spacial score (nSPS) is 26.5. The summed E-state index contributed by atoms with van der Waals surface area (Å²) in [5.74, 6) is 5.85. The van der Waals surface area contributed by atoms with Crippen LogP contribution < -0.4 is 0 Å². The molecule has 5 heteroatoms. The van der Waals surface area contributed by atoms with E-state index >= 15 is 0 Å². The quantitative estimate of drug-likeness (QED) is 0.717. The van der Waals surface area contributed by atoms with Gasteiger partial charge >= 0.3 is 6.18 Å². The van der Waals surface area contributed by atoms with Crippen molar-refractivity contribution < 1.29 is 22.6 Å². The molecule has 0 bridgehead atoms. The van der Waals surface area contributed by atoms with Crippen molar-refractivity contribution in [2.24, 2.45) is 0 Å². The van der Waals surface area contributed by atoms with E-state index in [0.29, 0.717) is 18.6 Å². The van der Waals surface area contributed by atoms with Gasteiger partial charge in [-0.05, 0) is 43.5 Å². The molecule has 0 N–H and O–H groups in total. The predicted octanol–water partition coefficient (Wildman–Crippen LogP) is 4.77. The zero-order valence-corrected chi connectivity index (χ0v) is 13.7. The number of benzene rings is 1. The molecule has 1 fully saturated rings. The summed E-state index contributed by atoms with van der Waals surface area (Å²) in [5, 5.41) is 0. The molecule has 0 spiro atoms. The third-order valence-electron chi connectivity index (χ3n) is 4.24. The minimum Gasteiger partial charge on any atom is -0.353 e. The molecule has 0 amide bonds. The molecule has 0 aromatic heterocycles. The van der Waals surface area contributed by atoms with Gasteiger partial charge in [-0.25, -0.2) is 0 Å². The zero-order chi connectivity index (χ0) is 17.8. The Hall–Kier alpha value is -2.03. The van der Waals surface area contributed by atoms with Gasteiger partial charge in [0.25, 0.3) is 0 Å². The summed E-state index contributed by atoms with van der Waals surface area (Å²) >= 11 is 0. The molecule has 1 saturated heterocycles. The second-order valence-corrected chi connectivity index (χ2v) is 6.11. The zero-order valence-electron chi connectivity index (χ0n) is 13.7. The van der Waals surface area contributed by atoms with E-state index in [-0.39, 0.29) is 6.42 Å². The first-order valence-corrected chi connectivity index (χ1v) is 8.31. The fourth-order valence-electron chi connectivity index (χ4n) is 2.78. The summed E-state index contributed by atoms with van der Waals surface area (Å²) in [4.78, 5) is 0. The van der Waals surface area contributed by atoms with Crippen molar-refractivity contribution in [1.29, 1.82) is 0 Å². The van der Waals surface area contributed by atoms with Gasteiger partial charge < -0.3 is 9.47 Å². The van der Waals surface area contributed by atoms with Crippen LogP contribution in [0, 0.1) is 11.8 Å². The number of allylic oxidation sites excluding steroid dienone is 2. The van der Waals surface area contributed by atoms with Crippen LogP contribution >= 0.6 is 0 Å². The Kier molecular flexibility index (Phi) is 5.31. The summed E-state index contributed by atoms with van der Waals surface area (Å²) in [6, 6.07) is 9.31. The van der Waals surface area contributed by atoms with Gasteiger partial charge in [-0.15, -0.1) is 0 Å². The van der Waals surface area contributed by atoms with Crippen molar-refractivity contribution in [2.75, 3.05) is 6.61 Å². The number of rotatable bonds is 2. The summed E-state index contributed by atoms with van der Waals surface area (Å²) in [6.07, 6.45) is 0.452. The van der Waals surface area contributed by atoms with Crippen molar-refractivity contribution in [3.8, 4) is 11.8 Å². The lowest BCUT2D eigenvalue weighted by Gasteiger charge is -2.38. The van der Waals surface area contributed by atoms with Gasteiger partial charge in [0.1, 0.15) is 0 Å². The first kappa shape index (κ1) is 17.8. The molecule has 2 unspecified atom stereocenters. The molecule has 2 aliphatic rings. The third kappa shape index (κ3) is 4.33. The Morgan fingerprint density at radius 1 is 1.12 bits per heavy atom. The van der Waals surface area contributed by atoms with Crippen LogP contribution in [0.5, 0.6) is 0 Å². The molecule has 1 aliphatic carbocycles. The number of hydrogen-bond donors (Lipinski definition) is 0. The van der Waals surface area contributed by atoms with Crippen molar-refractivity contribution in [1.82, 2.24) is 0 Å². The molecule has 0 saturated carbocycles. The molecular weight excluding hydrogens is 329 g/mol. The van der Waals surface area contributed by atoms with Gasteiger partial charge in [0.05, 0.1) is 0 Å². The number of hydrogen-bond acceptors (Lipinski definition) is 2. The van der Waals surface area contributed by atoms with Crippen LogP contribution in [-0.2, 0) is 9.47 Å². The Bertz CT molecular complexity index is 704. The summed E-state index contributed by atoms with van der Waals surface area (Å²) in [6.45, 7) is 0.436. The van der Waals surface area contributed by atoms with Gasteiger partial charge in [0, 0.05) is 24.2 Å². The van der Waals surface area contributed by atoms with Crippen LogP contribution in [0.3, 0.4) is 0 Å². The fraction of sp³-hybridized carbons (Fsp3) is 0.400. The Morgan fingerprint density at radius 3 is 2.52 bits per heavy atom. The lowest BCUT2D eigenvalue weighted by molar-refractivity contribution is -0.310. The smallest absolute Gasteiger partial charge is 0.353 e. The van der Waals surface area contributed by atoms with Gasteiger partial charge in [-0.2, -0.15) is 13.2 Å².